The van der Waals surface area contributed by atoms with Crippen LogP contribution in [0, 0.1) is 5.92 Å². The molecule has 29 heavy (non-hydrogen) atoms. The molecule has 6 nitrogen and oxygen atoms in total. The summed E-state index contributed by atoms with van der Waals surface area (Å²) in [6, 6.07) is 7.60. The Labute approximate surface area is 179 Å². The third-order valence-electron chi connectivity index (χ3n) is 5.17. The molecule has 3 N–H and O–H groups in total. The summed E-state index contributed by atoms with van der Waals surface area (Å²) in [5, 5.41) is 5.01. The van der Waals surface area contributed by atoms with Crippen molar-refractivity contribution in [2.45, 2.75) is 34.2 Å². The van der Waals surface area contributed by atoms with E-state index in [1.807, 2.05) is 24.3 Å². The van der Waals surface area contributed by atoms with Gasteiger partial charge in [-0.1, -0.05) is 13.8 Å². The molecule has 2 rings (SSSR count). The van der Waals surface area contributed by atoms with Crippen LogP contribution in [-0.4, -0.2) is 54.8 Å². The Kier molecular flexibility index (Phi) is 8.92. The Bertz CT molecular complexity index is 862. The van der Waals surface area contributed by atoms with Gasteiger partial charge in [0.1, 0.15) is 5.75 Å². The van der Waals surface area contributed by atoms with E-state index < -0.39 is 0 Å². The van der Waals surface area contributed by atoms with Crippen molar-refractivity contribution in [3.05, 3.63) is 40.2 Å². The number of likely N-dealkylation sites (N-methyl/N-ethyl adjacent to an activating group) is 1. The number of nitrogens with one attached hydrogen (secondary N) is 3. The number of hydrogen-bond donors (Lipinski definition) is 3. The van der Waals surface area contributed by atoms with E-state index in [9.17, 15) is 4.79 Å². The van der Waals surface area contributed by atoms with E-state index in [-0.39, 0.29) is 5.56 Å². The molecule has 0 amide bonds. The van der Waals surface area contributed by atoms with Gasteiger partial charge in [0.15, 0.2) is 5.11 Å². The summed E-state index contributed by atoms with van der Waals surface area (Å²) in [6.07, 6.45) is 0. The second-order valence-corrected chi connectivity index (χ2v) is 8.17. The van der Waals surface area contributed by atoms with E-state index in [0.717, 1.165) is 49.4 Å². The minimum Gasteiger partial charge on any atom is -0.497 e. The molecule has 1 aromatic heterocycles. The third-order valence-corrected chi connectivity index (χ3v) is 5.58. The predicted octanol–water partition coefficient (Wildman–Crippen LogP) is 1.79. The summed E-state index contributed by atoms with van der Waals surface area (Å²) in [5.41, 5.74) is 1.43. The lowest BCUT2D eigenvalue weighted by Gasteiger charge is -2.28. The van der Waals surface area contributed by atoms with Gasteiger partial charge in [-0.3, -0.25) is 4.79 Å². The molecule has 0 atom stereocenters. The Hall–Kier alpha value is -2.12. The molecule has 7 heteroatoms. The zero-order valence-corrected chi connectivity index (χ0v) is 19.1. The summed E-state index contributed by atoms with van der Waals surface area (Å²) < 4.78 is 5.32. The fourth-order valence-corrected chi connectivity index (χ4v) is 3.47. The molecule has 0 spiro atoms. The van der Waals surface area contributed by atoms with Crippen molar-refractivity contribution >= 4 is 28.2 Å². The maximum atomic E-state index is 12.7. The van der Waals surface area contributed by atoms with Gasteiger partial charge in [0.25, 0.3) is 5.56 Å². The molecular formula is C22H35N4O2S+. The number of thiocarbonyl (C=S) groups is 1. The quantitative estimate of drug-likeness (QED) is 0.513. The van der Waals surface area contributed by atoms with Gasteiger partial charge in [-0.25, -0.2) is 0 Å². The molecule has 1 aromatic carbocycles. The highest BCUT2D eigenvalue weighted by molar-refractivity contribution is 7.80. The molecule has 0 aliphatic heterocycles. The highest BCUT2D eigenvalue weighted by Gasteiger charge is 2.16. The van der Waals surface area contributed by atoms with Gasteiger partial charge >= 0.3 is 0 Å². The monoisotopic (exact) mass is 419 g/mol. The number of aromatic nitrogens is 1. The van der Waals surface area contributed by atoms with Crippen LogP contribution in [0.2, 0.25) is 0 Å². The van der Waals surface area contributed by atoms with Crippen LogP contribution in [0.4, 0.5) is 0 Å². The lowest BCUT2D eigenvalue weighted by Crippen LogP contribution is -3.12. The lowest BCUT2D eigenvalue weighted by atomic mass is 10.1. The predicted molar refractivity (Wildman–Crippen MR) is 124 cm³/mol. The smallest absolute Gasteiger partial charge is 0.253 e. The molecule has 1 heterocycles. The second kappa shape index (κ2) is 11.2. The maximum Gasteiger partial charge on any atom is 0.253 e. The number of H-pyrrole nitrogens is 1. The first-order chi connectivity index (χ1) is 13.9. The number of methoxy groups -OCH3 is 1. The number of nitrogens with zero attached hydrogens (tertiary/aromatic N) is 1. The molecule has 0 saturated carbocycles. The summed E-state index contributed by atoms with van der Waals surface area (Å²) in [7, 11) is 1.64. The molecule has 0 saturated heterocycles. The van der Waals surface area contributed by atoms with Crippen molar-refractivity contribution in [2.75, 3.05) is 39.8 Å². The van der Waals surface area contributed by atoms with Gasteiger partial charge in [-0.05, 0) is 56.2 Å². The maximum absolute atomic E-state index is 12.7. The number of fused-ring (bicyclic) bond motifs is 1. The van der Waals surface area contributed by atoms with Crippen LogP contribution in [0.15, 0.2) is 29.1 Å². The summed E-state index contributed by atoms with van der Waals surface area (Å²) in [6.45, 7) is 13.9. The van der Waals surface area contributed by atoms with Gasteiger partial charge in [-0.15, -0.1) is 0 Å². The molecule has 0 radical (unpaired) electrons. The minimum absolute atomic E-state index is 0.0745. The molecule has 2 aromatic rings. The highest BCUT2D eigenvalue weighted by Crippen LogP contribution is 2.19. The van der Waals surface area contributed by atoms with Crippen molar-refractivity contribution in [3.63, 3.8) is 0 Å². The van der Waals surface area contributed by atoms with E-state index in [0.29, 0.717) is 23.1 Å². The Morgan fingerprint density at radius 3 is 2.62 bits per heavy atom. The summed E-state index contributed by atoms with van der Waals surface area (Å²) >= 11 is 5.67. The molecule has 160 valence electrons. The fraction of sp³-hybridized carbons (Fsp3) is 0.545. The number of rotatable bonds is 10. The number of hydrogen-bond acceptors (Lipinski definition) is 3. The number of aromatic amines is 1. The van der Waals surface area contributed by atoms with Crippen LogP contribution in [-0.2, 0) is 6.54 Å². The topological polar surface area (TPSA) is 61.8 Å². The molecule has 0 bridgehead atoms. The highest BCUT2D eigenvalue weighted by atomic mass is 32.1. The van der Waals surface area contributed by atoms with Crippen molar-refractivity contribution in [1.29, 1.82) is 0 Å². The van der Waals surface area contributed by atoms with Crippen LogP contribution in [0.1, 0.15) is 33.3 Å². The number of ether oxygens (including phenoxy) is 1. The minimum atomic E-state index is -0.0745. The first-order valence-corrected chi connectivity index (χ1v) is 10.8. The van der Waals surface area contributed by atoms with Gasteiger partial charge in [0.05, 0.1) is 39.8 Å². The summed E-state index contributed by atoms with van der Waals surface area (Å²) in [5.74, 6) is 1.27. The second-order valence-electron chi connectivity index (χ2n) is 7.79. The first kappa shape index (κ1) is 23.2. The third kappa shape index (κ3) is 6.72. The van der Waals surface area contributed by atoms with Crippen molar-refractivity contribution < 1.29 is 9.64 Å². The molecule has 0 unspecified atom stereocenters. The lowest BCUT2D eigenvalue weighted by molar-refractivity contribution is -0.895. The van der Waals surface area contributed by atoms with Crippen LogP contribution < -0.4 is 20.5 Å². The van der Waals surface area contributed by atoms with Crippen LogP contribution in [0.3, 0.4) is 0 Å². The van der Waals surface area contributed by atoms with E-state index in [1.54, 1.807) is 7.11 Å². The average Bonchev–Trinajstić information content (AvgIpc) is 2.71. The zero-order chi connectivity index (χ0) is 21.4. The van der Waals surface area contributed by atoms with Crippen molar-refractivity contribution in [3.8, 4) is 5.75 Å². The molecular weight excluding hydrogens is 384 g/mol. The van der Waals surface area contributed by atoms with Gasteiger partial charge in [-0.2, -0.15) is 0 Å². The van der Waals surface area contributed by atoms with E-state index in [2.05, 4.69) is 42.9 Å². The van der Waals surface area contributed by atoms with E-state index >= 15 is 0 Å². The summed E-state index contributed by atoms with van der Waals surface area (Å²) in [4.78, 5) is 19.3. The van der Waals surface area contributed by atoms with Crippen LogP contribution in [0.5, 0.6) is 5.75 Å². The van der Waals surface area contributed by atoms with E-state index in [4.69, 9.17) is 17.0 Å². The molecule has 0 fully saturated rings. The van der Waals surface area contributed by atoms with Crippen molar-refractivity contribution in [2.24, 2.45) is 5.92 Å². The SMILES string of the molecule is CC[NH+](CC)CCN(Cc1cc2cc(OC)ccc2[nH]c1=O)C(=S)NCC(C)C. The van der Waals surface area contributed by atoms with Gasteiger partial charge < -0.3 is 24.8 Å². The molecule has 0 aliphatic rings. The normalized spacial score (nSPS) is 11.3. The van der Waals surface area contributed by atoms with Gasteiger partial charge in [0.2, 0.25) is 0 Å². The largest absolute Gasteiger partial charge is 0.497 e. The number of quaternary nitrogens is 1. The van der Waals surface area contributed by atoms with Gasteiger partial charge in [0, 0.05) is 23.0 Å². The van der Waals surface area contributed by atoms with Crippen LogP contribution in [0.25, 0.3) is 10.9 Å². The number of benzene rings is 1. The number of pyridine rings is 1. The fourth-order valence-electron chi connectivity index (χ4n) is 3.23. The van der Waals surface area contributed by atoms with Crippen LogP contribution >= 0.6 is 12.2 Å². The average molecular weight is 420 g/mol. The zero-order valence-electron chi connectivity index (χ0n) is 18.3. The van der Waals surface area contributed by atoms with E-state index in [1.165, 1.54) is 4.90 Å². The Morgan fingerprint density at radius 1 is 1.28 bits per heavy atom. The Morgan fingerprint density at radius 2 is 2.00 bits per heavy atom. The first-order valence-electron chi connectivity index (χ1n) is 10.4. The van der Waals surface area contributed by atoms with Crippen molar-refractivity contribution in [1.82, 2.24) is 15.2 Å². The Balaban J connectivity index is 2.26. The standard InChI is InChI=1S/C22H34N4O2S/c1-6-25(7-2)10-11-26(22(29)23-14-16(3)4)15-18-12-17-13-19(28-5)8-9-20(17)24-21(18)27/h8-9,12-13,16H,6-7,10-11,14-15H2,1-5H3,(H,23,29)(H,24,27)/p+1. The molecule has 0 aliphatic carbocycles.